The number of rotatable bonds is 4. The number of hydrogen-bond acceptors (Lipinski definition) is 3. The first-order valence-electron chi connectivity index (χ1n) is 5.93. The number of carbonyl (C=O) groups is 2. The Kier molecular flexibility index (Phi) is 5.99. The molecule has 0 aliphatic rings. The van der Waals surface area contributed by atoms with E-state index in [1.165, 1.54) is 4.90 Å². The van der Waals surface area contributed by atoms with Gasteiger partial charge in [-0.2, -0.15) is 0 Å². The average Bonchev–Trinajstić information content (AvgIpc) is 2.09. The Balaban J connectivity index is 4.33. The number of ether oxygens (including phenoxy) is 1. The molecule has 0 aliphatic heterocycles. The van der Waals surface area contributed by atoms with E-state index in [2.05, 4.69) is 5.32 Å². The highest BCUT2D eigenvalue weighted by atomic mass is 16.6. The van der Waals surface area contributed by atoms with Gasteiger partial charge in [-0.15, -0.1) is 0 Å². The fourth-order valence-corrected chi connectivity index (χ4v) is 1.17. The van der Waals surface area contributed by atoms with E-state index in [-0.39, 0.29) is 18.5 Å². The van der Waals surface area contributed by atoms with Gasteiger partial charge < -0.3 is 10.1 Å². The summed E-state index contributed by atoms with van der Waals surface area (Å²) >= 11 is 0. The van der Waals surface area contributed by atoms with Crippen LogP contribution in [0.25, 0.3) is 0 Å². The van der Waals surface area contributed by atoms with Gasteiger partial charge in [0.15, 0.2) is 0 Å². The number of likely N-dealkylation sites (N-methyl/N-ethyl adjacent to an activating group) is 1. The fraction of sp³-hybridized carbons (Fsp3) is 0.833. The lowest BCUT2D eigenvalue weighted by atomic mass is 10.2. The molecule has 0 saturated heterocycles. The molecule has 0 aliphatic carbocycles. The third-order valence-corrected chi connectivity index (χ3v) is 1.82. The van der Waals surface area contributed by atoms with E-state index in [1.54, 1.807) is 20.8 Å². The molecule has 17 heavy (non-hydrogen) atoms. The molecule has 0 aromatic heterocycles. The molecule has 0 atom stereocenters. The quantitative estimate of drug-likeness (QED) is 0.820. The van der Waals surface area contributed by atoms with Crippen LogP contribution in [0.15, 0.2) is 0 Å². The molecule has 2 amide bonds. The first-order valence-corrected chi connectivity index (χ1v) is 5.93. The van der Waals surface area contributed by atoms with Crippen molar-refractivity contribution in [3.8, 4) is 0 Å². The van der Waals surface area contributed by atoms with E-state index >= 15 is 0 Å². The van der Waals surface area contributed by atoms with Crippen LogP contribution >= 0.6 is 0 Å². The Bertz CT molecular complexity index is 269. The molecule has 0 heterocycles. The van der Waals surface area contributed by atoms with E-state index in [0.29, 0.717) is 6.54 Å². The smallest absolute Gasteiger partial charge is 0.410 e. The number of nitrogens with one attached hydrogen (secondary N) is 1. The standard InChI is InChI=1S/C12H24N2O3/c1-7-14(8-10(15)13-9(2)3)11(16)17-12(4,5)6/h9H,7-8H2,1-6H3,(H,13,15). The molecule has 5 nitrogen and oxygen atoms in total. The minimum atomic E-state index is -0.543. The summed E-state index contributed by atoms with van der Waals surface area (Å²) < 4.78 is 5.20. The third kappa shape index (κ3) is 7.60. The first-order chi connectivity index (χ1) is 7.65. The summed E-state index contributed by atoms with van der Waals surface area (Å²) in [5.74, 6) is -0.173. The highest BCUT2D eigenvalue weighted by molar-refractivity contribution is 5.82. The molecular weight excluding hydrogens is 220 g/mol. The summed E-state index contributed by atoms with van der Waals surface area (Å²) in [6.07, 6.45) is -0.459. The number of nitrogens with zero attached hydrogens (tertiary/aromatic N) is 1. The lowest BCUT2D eigenvalue weighted by molar-refractivity contribution is -0.122. The molecule has 0 unspecified atom stereocenters. The molecule has 0 radical (unpaired) electrons. The first kappa shape index (κ1) is 15.7. The Morgan fingerprint density at radius 1 is 1.29 bits per heavy atom. The lowest BCUT2D eigenvalue weighted by Gasteiger charge is -2.26. The van der Waals surface area contributed by atoms with Crippen molar-refractivity contribution in [3.63, 3.8) is 0 Å². The lowest BCUT2D eigenvalue weighted by Crippen LogP contribution is -2.44. The van der Waals surface area contributed by atoms with Crippen molar-refractivity contribution in [1.82, 2.24) is 10.2 Å². The van der Waals surface area contributed by atoms with Crippen LogP contribution in [0.2, 0.25) is 0 Å². The predicted octanol–water partition coefficient (Wildman–Crippen LogP) is 1.77. The average molecular weight is 244 g/mol. The summed E-state index contributed by atoms with van der Waals surface area (Å²) in [5, 5.41) is 2.74. The SMILES string of the molecule is CCN(CC(=O)NC(C)C)C(=O)OC(C)(C)C. The molecule has 0 spiro atoms. The molecule has 0 saturated carbocycles. The maximum atomic E-state index is 11.7. The maximum absolute atomic E-state index is 11.7. The second-order valence-corrected chi connectivity index (χ2v) is 5.22. The molecule has 100 valence electrons. The van der Waals surface area contributed by atoms with E-state index in [9.17, 15) is 9.59 Å². The van der Waals surface area contributed by atoms with Crippen molar-refractivity contribution in [1.29, 1.82) is 0 Å². The van der Waals surface area contributed by atoms with Crippen LogP contribution in [0.4, 0.5) is 4.79 Å². The molecule has 5 heteroatoms. The normalized spacial score (nSPS) is 11.2. The molecule has 0 bridgehead atoms. The van der Waals surface area contributed by atoms with Crippen LogP contribution in [0.3, 0.4) is 0 Å². The van der Waals surface area contributed by atoms with Crippen LogP contribution in [0, 0.1) is 0 Å². The second kappa shape index (κ2) is 6.47. The molecular formula is C12H24N2O3. The van der Waals surface area contributed by atoms with Gasteiger partial charge in [-0.3, -0.25) is 9.69 Å². The highest BCUT2D eigenvalue weighted by Crippen LogP contribution is 2.09. The molecule has 1 N–H and O–H groups in total. The summed E-state index contributed by atoms with van der Waals surface area (Å²) in [6.45, 7) is 11.4. The second-order valence-electron chi connectivity index (χ2n) is 5.22. The van der Waals surface area contributed by atoms with Gasteiger partial charge in [0.05, 0.1) is 0 Å². The van der Waals surface area contributed by atoms with Gasteiger partial charge >= 0.3 is 6.09 Å². The van der Waals surface area contributed by atoms with Gasteiger partial charge in [0.2, 0.25) is 5.91 Å². The minimum Gasteiger partial charge on any atom is -0.444 e. The fourth-order valence-electron chi connectivity index (χ4n) is 1.17. The van der Waals surface area contributed by atoms with Crippen molar-refractivity contribution in [2.75, 3.05) is 13.1 Å². The predicted molar refractivity (Wildman–Crippen MR) is 66.8 cm³/mol. The van der Waals surface area contributed by atoms with E-state index in [1.807, 2.05) is 20.8 Å². The van der Waals surface area contributed by atoms with E-state index in [4.69, 9.17) is 4.74 Å². The third-order valence-electron chi connectivity index (χ3n) is 1.82. The van der Waals surface area contributed by atoms with E-state index < -0.39 is 11.7 Å². The summed E-state index contributed by atoms with van der Waals surface area (Å²) in [5.41, 5.74) is -0.543. The zero-order valence-corrected chi connectivity index (χ0v) is 11.7. The summed E-state index contributed by atoms with van der Waals surface area (Å²) in [4.78, 5) is 24.6. The molecule has 0 aromatic rings. The van der Waals surface area contributed by atoms with Crippen LogP contribution in [0.5, 0.6) is 0 Å². The van der Waals surface area contributed by atoms with Gasteiger partial charge in [0, 0.05) is 12.6 Å². The van der Waals surface area contributed by atoms with Crippen LogP contribution in [-0.4, -0.2) is 41.6 Å². The molecule has 0 fully saturated rings. The largest absolute Gasteiger partial charge is 0.444 e. The monoisotopic (exact) mass is 244 g/mol. The topological polar surface area (TPSA) is 58.6 Å². The maximum Gasteiger partial charge on any atom is 0.410 e. The van der Waals surface area contributed by atoms with E-state index in [0.717, 1.165) is 0 Å². The van der Waals surface area contributed by atoms with Gasteiger partial charge in [-0.1, -0.05) is 0 Å². The number of carbonyl (C=O) groups excluding carboxylic acids is 2. The number of hydrogen-bond donors (Lipinski definition) is 1. The number of amides is 2. The Morgan fingerprint density at radius 3 is 2.18 bits per heavy atom. The van der Waals surface area contributed by atoms with Crippen molar-refractivity contribution < 1.29 is 14.3 Å². The van der Waals surface area contributed by atoms with Gasteiger partial charge in [0.25, 0.3) is 0 Å². The highest BCUT2D eigenvalue weighted by Gasteiger charge is 2.22. The zero-order chi connectivity index (χ0) is 13.6. The van der Waals surface area contributed by atoms with Crippen molar-refractivity contribution >= 4 is 12.0 Å². The zero-order valence-electron chi connectivity index (χ0n) is 11.7. The van der Waals surface area contributed by atoms with Gasteiger partial charge in [-0.25, -0.2) is 4.79 Å². The van der Waals surface area contributed by atoms with Crippen LogP contribution < -0.4 is 5.32 Å². The van der Waals surface area contributed by atoms with Crippen molar-refractivity contribution in [3.05, 3.63) is 0 Å². The van der Waals surface area contributed by atoms with Crippen molar-refractivity contribution in [2.24, 2.45) is 0 Å². The Hall–Kier alpha value is -1.26. The van der Waals surface area contributed by atoms with Crippen LogP contribution in [0.1, 0.15) is 41.5 Å². The van der Waals surface area contributed by atoms with Crippen molar-refractivity contribution in [2.45, 2.75) is 53.2 Å². The minimum absolute atomic E-state index is 0.0313. The molecule has 0 aromatic carbocycles. The Labute approximate surface area is 103 Å². The van der Waals surface area contributed by atoms with Gasteiger partial charge in [0.1, 0.15) is 12.1 Å². The Morgan fingerprint density at radius 2 is 1.82 bits per heavy atom. The summed E-state index contributed by atoms with van der Waals surface area (Å²) in [7, 11) is 0. The molecule has 0 rings (SSSR count). The summed E-state index contributed by atoms with van der Waals surface area (Å²) in [6, 6.07) is 0.0693. The van der Waals surface area contributed by atoms with Crippen LogP contribution in [-0.2, 0) is 9.53 Å². The van der Waals surface area contributed by atoms with Gasteiger partial charge in [-0.05, 0) is 41.5 Å².